The number of halogens is 1. The lowest BCUT2D eigenvalue weighted by Gasteiger charge is -2.04. The fourth-order valence-corrected chi connectivity index (χ4v) is 2.88. The average Bonchev–Trinajstić information content (AvgIpc) is 3.07. The van der Waals surface area contributed by atoms with E-state index in [4.69, 9.17) is 5.84 Å². The Balaban J connectivity index is 1.99. The van der Waals surface area contributed by atoms with Crippen LogP contribution in [-0.4, -0.2) is 20.5 Å². The van der Waals surface area contributed by atoms with Gasteiger partial charge in [0.2, 0.25) is 0 Å². The second-order valence-corrected chi connectivity index (χ2v) is 5.69. The van der Waals surface area contributed by atoms with Crippen LogP contribution in [0.5, 0.6) is 0 Å². The Morgan fingerprint density at radius 3 is 2.42 bits per heavy atom. The molecule has 0 aliphatic carbocycles. The Morgan fingerprint density at radius 1 is 1.00 bits per heavy atom. The first-order valence-corrected chi connectivity index (χ1v) is 7.87. The first kappa shape index (κ1) is 15.9. The van der Waals surface area contributed by atoms with Crippen molar-refractivity contribution in [3.8, 4) is 22.4 Å². The monoisotopic (exact) mass is 347 g/mol. The molecule has 0 spiro atoms. The first-order chi connectivity index (χ1) is 12.7. The number of fused-ring (bicyclic) bond motifs is 1. The van der Waals surface area contributed by atoms with E-state index in [1.165, 1.54) is 12.1 Å². The first-order valence-electron chi connectivity index (χ1n) is 7.87. The van der Waals surface area contributed by atoms with E-state index < -0.39 is 5.91 Å². The van der Waals surface area contributed by atoms with Crippen molar-refractivity contribution in [2.24, 2.45) is 5.84 Å². The third-order valence-electron chi connectivity index (χ3n) is 4.11. The van der Waals surface area contributed by atoms with Crippen molar-refractivity contribution in [3.63, 3.8) is 0 Å². The molecular formula is C19H14FN5O. The smallest absolute Gasteiger partial charge is 0.266 e. The van der Waals surface area contributed by atoms with Crippen LogP contribution in [-0.2, 0) is 0 Å². The van der Waals surface area contributed by atoms with E-state index in [2.05, 4.69) is 15.5 Å². The molecule has 0 radical (unpaired) electrons. The minimum Gasteiger partial charge on any atom is -0.290 e. The van der Waals surface area contributed by atoms with Crippen molar-refractivity contribution in [1.82, 2.24) is 20.0 Å². The number of carbonyl (C=O) groups is 1. The largest absolute Gasteiger partial charge is 0.290 e. The van der Waals surface area contributed by atoms with Gasteiger partial charge in [0.15, 0.2) is 0 Å². The molecule has 0 atom stereocenters. The summed E-state index contributed by atoms with van der Waals surface area (Å²) < 4.78 is 14.9. The number of pyridine rings is 2. The molecule has 6 nitrogen and oxygen atoms in total. The van der Waals surface area contributed by atoms with E-state index in [9.17, 15) is 9.18 Å². The lowest BCUT2D eigenvalue weighted by molar-refractivity contribution is 0.0953. The van der Waals surface area contributed by atoms with Gasteiger partial charge in [-0.25, -0.2) is 14.7 Å². The fraction of sp³-hybridized carbons (Fsp3) is 0. The van der Waals surface area contributed by atoms with Crippen LogP contribution in [0.2, 0.25) is 0 Å². The van der Waals surface area contributed by atoms with Crippen LogP contribution in [0.25, 0.3) is 27.9 Å². The minimum absolute atomic E-state index is 0.315. The van der Waals surface area contributed by atoms with Gasteiger partial charge in [-0.2, -0.15) is 5.10 Å². The summed E-state index contributed by atoms with van der Waals surface area (Å²) in [6, 6.07) is 13.4. The highest BCUT2D eigenvalue weighted by molar-refractivity contribution is 5.96. The van der Waals surface area contributed by atoms with Crippen molar-refractivity contribution in [1.29, 1.82) is 0 Å². The zero-order chi connectivity index (χ0) is 18.1. The predicted octanol–water partition coefficient (Wildman–Crippen LogP) is 2.81. The molecule has 3 N–H and O–H groups in total. The van der Waals surface area contributed by atoms with Gasteiger partial charge in [-0.05, 0) is 54.1 Å². The zero-order valence-corrected chi connectivity index (χ0v) is 13.6. The van der Waals surface area contributed by atoms with E-state index in [0.717, 1.165) is 22.2 Å². The molecule has 7 heteroatoms. The van der Waals surface area contributed by atoms with Gasteiger partial charge < -0.3 is 0 Å². The van der Waals surface area contributed by atoms with Crippen molar-refractivity contribution >= 4 is 11.4 Å². The van der Waals surface area contributed by atoms with Gasteiger partial charge in [0.25, 0.3) is 5.91 Å². The lowest BCUT2D eigenvalue weighted by Crippen LogP contribution is -2.30. The molecule has 0 aliphatic rings. The Kier molecular flexibility index (Phi) is 3.91. The summed E-state index contributed by atoms with van der Waals surface area (Å²) in [4.78, 5) is 15.9. The Bertz CT molecular complexity index is 1090. The standard InChI is InChI=1S/C19H14FN5O/c20-15-4-1-13(2-5-15)18-17(12-7-9-22-10-8-12)16-6-3-14(19(26)23-21)11-25(16)24-18/h1-11H,21H2,(H,23,26). The number of aromatic nitrogens is 3. The van der Waals surface area contributed by atoms with E-state index in [1.54, 1.807) is 47.4 Å². The Hall–Kier alpha value is -3.58. The third kappa shape index (κ3) is 2.70. The van der Waals surface area contributed by atoms with Crippen LogP contribution < -0.4 is 11.3 Å². The van der Waals surface area contributed by atoms with Crippen molar-refractivity contribution in [3.05, 3.63) is 78.5 Å². The van der Waals surface area contributed by atoms with Crippen LogP contribution in [0.1, 0.15) is 10.4 Å². The molecule has 0 fully saturated rings. The Labute approximate surface area is 148 Å². The van der Waals surface area contributed by atoms with E-state index in [-0.39, 0.29) is 5.82 Å². The van der Waals surface area contributed by atoms with Crippen LogP contribution in [0.15, 0.2) is 67.1 Å². The highest BCUT2D eigenvalue weighted by Crippen LogP contribution is 2.35. The molecule has 0 bridgehead atoms. The highest BCUT2D eigenvalue weighted by atomic mass is 19.1. The van der Waals surface area contributed by atoms with Crippen LogP contribution in [0.4, 0.5) is 4.39 Å². The summed E-state index contributed by atoms with van der Waals surface area (Å²) >= 11 is 0. The van der Waals surface area contributed by atoms with Gasteiger partial charge in [-0.1, -0.05) is 0 Å². The number of hydrogen-bond donors (Lipinski definition) is 2. The molecule has 26 heavy (non-hydrogen) atoms. The number of rotatable bonds is 3. The number of carbonyl (C=O) groups excluding carboxylic acids is 1. The molecule has 3 aromatic heterocycles. The van der Waals surface area contributed by atoms with Crippen molar-refractivity contribution in [2.45, 2.75) is 0 Å². The number of amides is 1. The molecule has 128 valence electrons. The lowest BCUT2D eigenvalue weighted by atomic mass is 10.0. The molecule has 1 aromatic carbocycles. The predicted molar refractivity (Wildman–Crippen MR) is 95.5 cm³/mol. The quantitative estimate of drug-likeness (QED) is 0.339. The SMILES string of the molecule is NNC(=O)c1ccc2c(-c3ccncc3)c(-c3ccc(F)cc3)nn2c1. The number of nitrogen functional groups attached to an aromatic ring is 1. The summed E-state index contributed by atoms with van der Waals surface area (Å²) in [6.45, 7) is 0. The molecule has 0 aliphatic heterocycles. The normalized spacial score (nSPS) is 10.8. The second kappa shape index (κ2) is 6.38. The van der Waals surface area contributed by atoms with E-state index in [1.807, 2.05) is 12.1 Å². The van der Waals surface area contributed by atoms with E-state index >= 15 is 0 Å². The van der Waals surface area contributed by atoms with Crippen LogP contribution in [0, 0.1) is 5.82 Å². The van der Waals surface area contributed by atoms with Gasteiger partial charge in [-0.15, -0.1) is 0 Å². The summed E-state index contributed by atoms with van der Waals surface area (Å²) in [5.41, 5.74) is 6.55. The molecule has 4 rings (SSSR count). The van der Waals surface area contributed by atoms with Gasteiger partial charge in [0.1, 0.15) is 11.5 Å². The minimum atomic E-state index is -0.406. The zero-order valence-electron chi connectivity index (χ0n) is 13.6. The number of benzene rings is 1. The van der Waals surface area contributed by atoms with Gasteiger partial charge >= 0.3 is 0 Å². The summed E-state index contributed by atoms with van der Waals surface area (Å²) in [7, 11) is 0. The number of nitrogens with one attached hydrogen (secondary N) is 1. The molecule has 0 saturated carbocycles. The van der Waals surface area contributed by atoms with Crippen LogP contribution in [0.3, 0.4) is 0 Å². The van der Waals surface area contributed by atoms with Crippen molar-refractivity contribution < 1.29 is 9.18 Å². The van der Waals surface area contributed by atoms with Crippen LogP contribution >= 0.6 is 0 Å². The summed E-state index contributed by atoms with van der Waals surface area (Å²) in [5, 5.41) is 4.62. The maximum atomic E-state index is 13.3. The second-order valence-electron chi connectivity index (χ2n) is 5.69. The number of hydrazine groups is 1. The fourth-order valence-electron chi connectivity index (χ4n) is 2.88. The number of nitrogens with two attached hydrogens (primary N) is 1. The van der Waals surface area contributed by atoms with Gasteiger partial charge in [0, 0.05) is 29.7 Å². The van der Waals surface area contributed by atoms with Gasteiger partial charge in [0.05, 0.1) is 11.1 Å². The Morgan fingerprint density at radius 2 is 1.73 bits per heavy atom. The molecule has 3 heterocycles. The molecular weight excluding hydrogens is 333 g/mol. The topological polar surface area (TPSA) is 85.3 Å². The summed E-state index contributed by atoms with van der Waals surface area (Å²) in [5.74, 6) is 4.49. The number of hydrogen-bond acceptors (Lipinski definition) is 4. The van der Waals surface area contributed by atoms with E-state index in [0.29, 0.717) is 11.3 Å². The molecule has 1 amide bonds. The molecule has 4 aromatic rings. The molecule has 0 unspecified atom stereocenters. The number of nitrogens with zero attached hydrogens (tertiary/aromatic N) is 3. The maximum Gasteiger partial charge on any atom is 0.266 e. The van der Waals surface area contributed by atoms with Crippen molar-refractivity contribution in [2.75, 3.05) is 0 Å². The third-order valence-corrected chi connectivity index (χ3v) is 4.11. The summed E-state index contributed by atoms with van der Waals surface area (Å²) in [6.07, 6.45) is 5.00. The maximum absolute atomic E-state index is 13.3. The molecule has 0 saturated heterocycles. The van der Waals surface area contributed by atoms with Gasteiger partial charge in [-0.3, -0.25) is 15.2 Å². The average molecular weight is 347 g/mol. The highest BCUT2D eigenvalue weighted by Gasteiger charge is 2.17.